The number of ether oxygens (including phenoxy) is 3. The first-order chi connectivity index (χ1) is 10.2. The summed E-state index contributed by atoms with van der Waals surface area (Å²) in [6, 6.07) is 0. The van der Waals surface area contributed by atoms with E-state index in [2.05, 4.69) is 16.9 Å². The zero-order valence-corrected chi connectivity index (χ0v) is 12.7. The quantitative estimate of drug-likeness (QED) is 0.266. The van der Waals surface area contributed by atoms with Crippen LogP contribution in [0.2, 0.25) is 0 Å². The molecule has 0 aromatic carbocycles. The number of rotatable bonds is 10. The molecule has 0 saturated heterocycles. The van der Waals surface area contributed by atoms with Gasteiger partial charge in [-0.1, -0.05) is 31.8 Å². The van der Waals surface area contributed by atoms with Crippen LogP contribution in [0.4, 0.5) is 4.39 Å². The lowest BCUT2D eigenvalue weighted by atomic mass is 10.1. The molecule has 0 bridgehead atoms. The molecule has 0 fully saturated rings. The second-order valence-electron chi connectivity index (χ2n) is 4.85. The summed E-state index contributed by atoms with van der Waals surface area (Å²) in [6.07, 6.45) is 2.33. The molecule has 120 valence electrons. The number of azide groups is 1. The second-order valence-corrected chi connectivity index (χ2v) is 4.85. The van der Waals surface area contributed by atoms with Gasteiger partial charge in [-0.05, 0) is 24.4 Å². The molecule has 0 N–H and O–H groups in total. The van der Waals surface area contributed by atoms with Crippen LogP contribution in [0.5, 0.6) is 0 Å². The summed E-state index contributed by atoms with van der Waals surface area (Å²) in [5.74, 6) is 0.492. The zero-order chi connectivity index (χ0) is 15.5. The van der Waals surface area contributed by atoms with Crippen molar-refractivity contribution >= 4 is 0 Å². The van der Waals surface area contributed by atoms with Gasteiger partial charge in [0.2, 0.25) is 6.36 Å². The molecule has 1 aliphatic heterocycles. The molecule has 0 aromatic heterocycles. The van der Waals surface area contributed by atoms with Gasteiger partial charge in [-0.15, -0.1) is 0 Å². The molecule has 1 rings (SSSR count). The molecule has 3 atom stereocenters. The normalized spacial score (nSPS) is 25.1. The molecule has 1 heterocycles. The van der Waals surface area contributed by atoms with Gasteiger partial charge in [0, 0.05) is 11.5 Å². The first kappa shape index (κ1) is 17.8. The SMILES string of the molecule is CCCCOC1=CC(OCCCC)C(F)OC1CN=[N+]=[N-]. The van der Waals surface area contributed by atoms with Gasteiger partial charge < -0.3 is 14.2 Å². The first-order valence-electron chi connectivity index (χ1n) is 7.49. The Morgan fingerprint density at radius 3 is 2.71 bits per heavy atom. The van der Waals surface area contributed by atoms with E-state index in [1.807, 2.05) is 6.92 Å². The molecular formula is C14H24FN3O3. The lowest BCUT2D eigenvalue weighted by molar-refractivity contribution is -0.159. The maximum Gasteiger partial charge on any atom is 0.229 e. The van der Waals surface area contributed by atoms with Crippen LogP contribution in [0.1, 0.15) is 39.5 Å². The van der Waals surface area contributed by atoms with Gasteiger partial charge >= 0.3 is 0 Å². The third-order valence-corrected chi connectivity index (χ3v) is 3.08. The highest BCUT2D eigenvalue weighted by molar-refractivity contribution is 5.10. The maximum absolute atomic E-state index is 13.9. The number of unbranched alkanes of at least 4 members (excludes halogenated alkanes) is 2. The molecule has 6 nitrogen and oxygen atoms in total. The molecule has 0 amide bonds. The smallest absolute Gasteiger partial charge is 0.229 e. The van der Waals surface area contributed by atoms with Crippen molar-refractivity contribution in [2.45, 2.75) is 58.1 Å². The van der Waals surface area contributed by atoms with E-state index in [1.165, 1.54) is 0 Å². The van der Waals surface area contributed by atoms with Crippen LogP contribution >= 0.6 is 0 Å². The van der Waals surface area contributed by atoms with Crippen LogP contribution in [0, 0.1) is 0 Å². The number of nitrogens with zero attached hydrogens (tertiary/aromatic N) is 3. The highest BCUT2D eigenvalue weighted by atomic mass is 19.1. The van der Waals surface area contributed by atoms with Crippen molar-refractivity contribution in [3.05, 3.63) is 22.3 Å². The third-order valence-electron chi connectivity index (χ3n) is 3.08. The fourth-order valence-electron chi connectivity index (χ4n) is 1.85. The molecule has 0 radical (unpaired) electrons. The van der Waals surface area contributed by atoms with Crippen molar-refractivity contribution in [1.82, 2.24) is 0 Å². The molecule has 7 heteroatoms. The summed E-state index contributed by atoms with van der Waals surface area (Å²) in [6.45, 7) is 5.11. The van der Waals surface area contributed by atoms with Crippen molar-refractivity contribution < 1.29 is 18.6 Å². The van der Waals surface area contributed by atoms with E-state index in [4.69, 9.17) is 19.7 Å². The van der Waals surface area contributed by atoms with Gasteiger partial charge in [0.25, 0.3) is 0 Å². The minimum atomic E-state index is -1.57. The van der Waals surface area contributed by atoms with Gasteiger partial charge in [-0.2, -0.15) is 0 Å². The Morgan fingerprint density at radius 2 is 2.05 bits per heavy atom. The van der Waals surface area contributed by atoms with Crippen molar-refractivity contribution in [3.8, 4) is 0 Å². The average Bonchev–Trinajstić information content (AvgIpc) is 2.48. The van der Waals surface area contributed by atoms with Crippen LogP contribution in [0.15, 0.2) is 16.9 Å². The molecular weight excluding hydrogens is 277 g/mol. The van der Waals surface area contributed by atoms with Crippen LogP contribution in [0.3, 0.4) is 0 Å². The van der Waals surface area contributed by atoms with E-state index in [0.29, 0.717) is 19.0 Å². The summed E-state index contributed by atoms with van der Waals surface area (Å²) in [5.41, 5.74) is 8.38. The standard InChI is InChI=1S/C14H24FN3O3/c1-3-5-7-19-11-9-12(20-8-6-4-2)14(15)21-13(11)10-17-18-16/h9,12-14H,3-8,10H2,1-2H3. The van der Waals surface area contributed by atoms with Crippen molar-refractivity contribution in [2.75, 3.05) is 19.8 Å². The van der Waals surface area contributed by atoms with Gasteiger partial charge in [0.05, 0.1) is 13.2 Å². The Labute approximate surface area is 124 Å². The second kappa shape index (κ2) is 10.4. The highest BCUT2D eigenvalue weighted by Gasteiger charge is 2.33. The van der Waals surface area contributed by atoms with E-state index in [9.17, 15) is 4.39 Å². The van der Waals surface area contributed by atoms with E-state index >= 15 is 0 Å². The largest absolute Gasteiger partial charge is 0.495 e. The maximum atomic E-state index is 13.9. The Bertz CT molecular complexity index is 372. The van der Waals surface area contributed by atoms with Gasteiger partial charge in [0.15, 0.2) is 0 Å². The molecule has 1 aliphatic rings. The van der Waals surface area contributed by atoms with Crippen molar-refractivity contribution in [2.24, 2.45) is 5.11 Å². The highest BCUT2D eigenvalue weighted by Crippen LogP contribution is 2.24. The van der Waals surface area contributed by atoms with Crippen molar-refractivity contribution in [1.29, 1.82) is 0 Å². The fraction of sp³-hybridized carbons (Fsp3) is 0.857. The molecule has 0 aromatic rings. The molecule has 0 spiro atoms. The number of hydrogen-bond donors (Lipinski definition) is 0. The Kier molecular flexibility index (Phi) is 8.82. The summed E-state index contributed by atoms with van der Waals surface area (Å²) < 4.78 is 30.2. The van der Waals surface area contributed by atoms with E-state index in [-0.39, 0.29) is 6.54 Å². The summed E-state index contributed by atoms with van der Waals surface area (Å²) in [4.78, 5) is 2.67. The van der Waals surface area contributed by atoms with E-state index in [0.717, 1.165) is 25.7 Å². The third kappa shape index (κ3) is 6.33. The van der Waals surface area contributed by atoms with E-state index < -0.39 is 18.6 Å². The topological polar surface area (TPSA) is 76.5 Å². The number of hydrogen-bond acceptors (Lipinski definition) is 4. The Balaban J connectivity index is 2.68. The van der Waals surface area contributed by atoms with E-state index in [1.54, 1.807) is 6.08 Å². The lowest BCUT2D eigenvalue weighted by Crippen LogP contribution is -2.39. The predicted octanol–water partition coefficient (Wildman–Crippen LogP) is 3.88. The van der Waals surface area contributed by atoms with Gasteiger partial charge in [-0.25, -0.2) is 4.39 Å². The Hall–Kier alpha value is -1.30. The lowest BCUT2D eigenvalue weighted by Gasteiger charge is -2.31. The number of alkyl halides is 1. The van der Waals surface area contributed by atoms with Crippen LogP contribution < -0.4 is 0 Å². The minimum Gasteiger partial charge on any atom is -0.495 e. The van der Waals surface area contributed by atoms with Gasteiger partial charge in [-0.3, -0.25) is 0 Å². The van der Waals surface area contributed by atoms with Crippen LogP contribution in [0.25, 0.3) is 10.4 Å². The van der Waals surface area contributed by atoms with Gasteiger partial charge in [0.1, 0.15) is 18.0 Å². The molecule has 21 heavy (non-hydrogen) atoms. The predicted molar refractivity (Wildman–Crippen MR) is 77.4 cm³/mol. The van der Waals surface area contributed by atoms with Crippen molar-refractivity contribution in [3.63, 3.8) is 0 Å². The summed E-state index contributed by atoms with van der Waals surface area (Å²) >= 11 is 0. The summed E-state index contributed by atoms with van der Waals surface area (Å²) in [5, 5.41) is 3.44. The average molecular weight is 301 g/mol. The van der Waals surface area contributed by atoms with Crippen LogP contribution in [-0.2, 0) is 14.2 Å². The van der Waals surface area contributed by atoms with Crippen LogP contribution in [-0.4, -0.2) is 38.3 Å². The first-order valence-corrected chi connectivity index (χ1v) is 7.49. The fourth-order valence-corrected chi connectivity index (χ4v) is 1.85. The monoisotopic (exact) mass is 301 g/mol. The molecule has 3 unspecified atom stereocenters. The Morgan fingerprint density at radius 1 is 1.33 bits per heavy atom. The zero-order valence-electron chi connectivity index (χ0n) is 12.7. The molecule has 0 saturated carbocycles. The molecule has 0 aliphatic carbocycles. The minimum absolute atomic E-state index is 0.0105. The number of halogens is 1. The summed E-state index contributed by atoms with van der Waals surface area (Å²) in [7, 11) is 0.